The minimum absolute atomic E-state index is 0.0704. The summed E-state index contributed by atoms with van der Waals surface area (Å²) < 4.78 is 0.526. The van der Waals surface area contributed by atoms with Crippen molar-refractivity contribution in [1.29, 1.82) is 0 Å². The quantitative estimate of drug-likeness (QED) is 0.223. The molecule has 0 spiro atoms. The standard InChI is InChI=1S/C21H28N6O4/c1-27(13-21(31)25-17-5-3-15(23)11-19(17)29)8-6-26(7-9-27)12-20(30)24-16-4-2-14(22)10-18(16)28/h2-5,10-11H,6-9,12-13,22-23H2,1H3,(H3-,24,25,28,29,30,31)/p+1. The van der Waals surface area contributed by atoms with Gasteiger partial charge in [-0.25, -0.2) is 0 Å². The fourth-order valence-electron chi connectivity index (χ4n) is 3.54. The second-order valence-electron chi connectivity index (χ2n) is 8.15. The van der Waals surface area contributed by atoms with Crippen LogP contribution >= 0.6 is 0 Å². The number of aromatic hydroxyl groups is 2. The summed E-state index contributed by atoms with van der Waals surface area (Å²) in [4.78, 5) is 26.8. The van der Waals surface area contributed by atoms with Gasteiger partial charge in [0.1, 0.15) is 11.5 Å². The molecule has 31 heavy (non-hydrogen) atoms. The van der Waals surface area contributed by atoms with Crippen molar-refractivity contribution in [2.75, 3.05) is 68.4 Å². The lowest BCUT2D eigenvalue weighted by Crippen LogP contribution is -2.60. The molecule has 0 radical (unpaired) electrons. The van der Waals surface area contributed by atoms with Gasteiger partial charge in [-0.2, -0.15) is 0 Å². The van der Waals surface area contributed by atoms with Gasteiger partial charge in [-0.1, -0.05) is 0 Å². The van der Waals surface area contributed by atoms with Gasteiger partial charge in [0.05, 0.1) is 38.1 Å². The van der Waals surface area contributed by atoms with E-state index in [1.165, 1.54) is 12.1 Å². The van der Waals surface area contributed by atoms with E-state index in [4.69, 9.17) is 11.5 Å². The van der Waals surface area contributed by atoms with Crippen LogP contribution in [0.15, 0.2) is 36.4 Å². The van der Waals surface area contributed by atoms with Gasteiger partial charge in [0, 0.05) is 36.6 Å². The Morgan fingerprint density at radius 3 is 1.90 bits per heavy atom. The predicted octanol–water partition coefficient (Wildman–Crippen LogP) is 0.602. The normalized spacial score (nSPS) is 15.9. The van der Waals surface area contributed by atoms with Crippen molar-refractivity contribution in [3.05, 3.63) is 36.4 Å². The summed E-state index contributed by atoms with van der Waals surface area (Å²) in [5.41, 5.74) is 12.7. The molecule has 2 amide bonds. The maximum Gasteiger partial charge on any atom is 0.279 e. The number of likely N-dealkylation sites (N-methyl/N-ethyl adjacent to an activating group) is 1. The summed E-state index contributed by atoms with van der Waals surface area (Å²) in [6, 6.07) is 9.12. The summed E-state index contributed by atoms with van der Waals surface area (Å²) >= 11 is 0. The van der Waals surface area contributed by atoms with Gasteiger partial charge >= 0.3 is 0 Å². The molecule has 10 nitrogen and oxygen atoms in total. The van der Waals surface area contributed by atoms with E-state index in [2.05, 4.69) is 10.6 Å². The van der Waals surface area contributed by atoms with Crippen LogP contribution in [-0.4, -0.2) is 77.7 Å². The van der Waals surface area contributed by atoms with Crippen LogP contribution in [0.3, 0.4) is 0 Å². The third kappa shape index (κ3) is 6.00. The van der Waals surface area contributed by atoms with Crippen molar-refractivity contribution in [3.8, 4) is 11.5 Å². The van der Waals surface area contributed by atoms with Gasteiger partial charge in [-0.3, -0.25) is 14.5 Å². The molecule has 0 unspecified atom stereocenters. The van der Waals surface area contributed by atoms with E-state index < -0.39 is 0 Å². The molecule has 2 aromatic carbocycles. The van der Waals surface area contributed by atoms with E-state index >= 15 is 0 Å². The van der Waals surface area contributed by atoms with Crippen LogP contribution in [0.25, 0.3) is 0 Å². The Balaban J connectivity index is 1.47. The van der Waals surface area contributed by atoms with Crippen molar-refractivity contribution in [2.24, 2.45) is 0 Å². The lowest BCUT2D eigenvalue weighted by molar-refractivity contribution is -0.905. The number of hydrogen-bond acceptors (Lipinski definition) is 7. The molecule has 0 bridgehead atoms. The molecule has 0 saturated carbocycles. The molecule has 1 saturated heterocycles. The first-order chi connectivity index (χ1) is 14.6. The van der Waals surface area contributed by atoms with Crippen molar-refractivity contribution in [3.63, 3.8) is 0 Å². The van der Waals surface area contributed by atoms with Gasteiger partial charge in [-0.15, -0.1) is 0 Å². The predicted molar refractivity (Wildman–Crippen MR) is 120 cm³/mol. The largest absolute Gasteiger partial charge is 0.506 e. The van der Waals surface area contributed by atoms with Crippen LogP contribution in [0.1, 0.15) is 0 Å². The minimum atomic E-state index is -0.229. The third-order valence-electron chi connectivity index (χ3n) is 5.40. The number of hydrogen-bond donors (Lipinski definition) is 6. The Labute approximate surface area is 180 Å². The second-order valence-corrected chi connectivity index (χ2v) is 8.15. The Morgan fingerprint density at radius 2 is 1.42 bits per heavy atom. The van der Waals surface area contributed by atoms with Gasteiger partial charge in [-0.05, 0) is 24.3 Å². The number of benzene rings is 2. The summed E-state index contributed by atoms with van der Waals surface area (Å²) in [6.07, 6.45) is 0. The number of nitrogens with two attached hydrogens (primary N) is 2. The molecule has 0 aliphatic carbocycles. The monoisotopic (exact) mass is 429 g/mol. The lowest BCUT2D eigenvalue weighted by Gasteiger charge is -2.41. The number of nitrogens with zero attached hydrogens (tertiary/aromatic N) is 2. The SMILES string of the molecule is C[N+]1(CC(=O)Nc2ccc(N)cc2O)CCN(CC(=O)Nc2ccc(N)cc2O)CC1. The average molecular weight is 430 g/mol. The molecule has 3 rings (SSSR count). The van der Waals surface area contributed by atoms with Crippen LogP contribution in [0.4, 0.5) is 22.7 Å². The van der Waals surface area contributed by atoms with Crippen molar-refractivity contribution in [1.82, 2.24) is 4.90 Å². The molecule has 0 aromatic heterocycles. The maximum atomic E-state index is 12.5. The number of piperazine rings is 1. The van der Waals surface area contributed by atoms with Gasteiger partial charge in [0.2, 0.25) is 5.91 Å². The van der Waals surface area contributed by atoms with Crippen molar-refractivity contribution in [2.45, 2.75) is 0 Å². The van der Waals surface area contributed by atoms with Crippen molar-refractivity contribution < 1.29 is 24.3 Å². The zero-order chi connectivity index (χ0) is 22.6. The Kier molecular flexibility index (Phi) is 6.52. The zero-order valence-electron chi connectivity index (χ0n) is 17.5. The molecule has 166 valence electrons. The average Bonchev–Trinajstić information content (AvgIpc) is 2.68. The number of carbonyl (C=O) groups excluding carboxylic acids is 2. The number of amides is 2. The van der Waals surface area contributed by atoms with Crippen LogP contribution in [0, 0.1) is 0 Å². The van der Waals surface area contributed by atoms with Gasteiger partial charge in [0.25, 0.3) is 5.91 Å². The molecule has 0 atom stereocenters. The Morgan fingerprint density at radius 1 is 0.935 bits per heavy atom. The lowest BCUT2D eigenvalue weighted by atomic mass is 10.2. The van der Waals surface area contributed by atoms with Crippen LogP contribution in [-0.2, 0) is 9.59 Å². The first kappa shape index (κ1) is 22.2. The maximum absolute atomic E-state index is 12.5. The smallest absolute Gasteiger partial charge is 0.279 e. The van der Waals surface area contributed by atoms with Gasteiger partial charge < -0.3 is 36.8 Å². The van der Waals surface area contributed by atoms with Crippen LogP contribution in [0.5, 0.6) is 11.5 Å². The first-order valence-corrected chi connectivity index (χ1v) is 9.96. The minimum Gasteiger partial charge on any atom is -0.506 e. The molecule has 1 aliphatic heterocycles. The number of nitrogens with one attached hydrogen (secondary N) is 2. The fourth-order valence-corrected chi connectivity index (χ4v) is 3.54. The van der Waals surface area contributed by atoms with Crippen LogP contribution in [0.2, 0.25) is 0 Å². The number of carbonyl (C=O) groups is 2. The highest BCUT2D eigenvalue weighted by Crippen LogP contribution is 2.26. The van der Waals surface area contributed by atoms with E-state index in [1.807, 2.05) is 11.9 Å². The zero-order valence-corrected chi connectivity index (χ0v) is 17.5. The second kappa shape index (κ2) is 9.11. The van der Waals surface area contributed by atoms with E-state index in [0.717, 1.165) is 0 Å². The number of rotatable bonds is 6. The fraction of sp³-hybridized carbons (Fsp3) is 0.333. The van der Waals surface area contributed by atoms with Crippen LogP contribution < -0.4 is 22.1 Å². The number of quaternary nitrogens is 1. The Bertz CT molecular complexity index is 972. The summed E-state index contributed by atoms with van der Waals surface area (Å²) in [6.45, 7) is 3.14. The molecule has 1 aliphatic rings. The molecule has 2 aromatic rings. The van der Waals surface area contributed by atoms with Gasteiger partial charge in [0.15, 0.2) is 6.54 Å². The highest BCUT2D eigenvalue weighted by atomic mass is 16.3. The van der Waals surface area contributed by atoms with E-state index in [9.17, 15) is 19.8 Å². The molecular formula is C21H29N6O4+. The molecule has 1 fully saturated rings. The summed E-state index contributed by atoms with van der Waals surface area (Å²) in [5.74, 6) is -0.575. The first-order valence-electron chi connectivity index (χ1n) is 9.96. The number of anilines is 4. The van der Waals surface area contributed by atoms with E-state index in [0.29, 0.717) is 53.4 Å². The highest BCUT2D eigenvalue weighted by molar-refractivity contribution is 5.94. The van der Waals surface area contributed by atoms with E-state index in [1.54, 1.807) is 24.3 Å². The Hall–Kier alpha value is -3.50. The molecule has 1 heterocycles. The van der Waals surface area contributed by atoms with Crippen molar-refractivity contribution >= 4 is 34.6 Å². The third-order valence-corrected chi connectivity index (χ3v) is 5.40. The number of phenols is 2. The van der Waals surface area contributed by atoms with E-state index in [-0.39, 0.29) is 36.4 Å². The number of nitrogen functional groups attached to an aromatic ring is 2. The molecule has 8 N–H and O–H groups in total. The number of phenolic OH excluding ortho intramolecular Hbond substituents is 2. The highest BCUT2D eigenvalue weighted by Gasteiger charge is 2.32. The topological polar surface area (TPSA) is 154 Å². The molecule has 10 heteroatoms. The summed E-state index contributed by atoms with van der Waals surface area (Å²) in [7, 11) is 1.99. The summed E-state index contributed by atoms with van der Waals surface area (Å²) in [5, 5.41) is 25.2. The molecular weight excluding hydrogens is 400 g/mol.